The van der Waals surface area contributed by atoms with E-state index in [4.69, 9.17) is 15.0 Å². The Morgan fingerprint density at radius 3 is 3.00 bits per heavy atom. The maximum atomic E-state index is 5.78. The van der Waals surface area contributed by atoms with Gasteiger partial charge in [0.1, 0.15) is 0 Å². The summed E-state index contributed by atoms with van der Waals surface area (Å²) in [5.41, 5.74) is 5.78. The van der Waals surface area contributed by atoms with Crippen LogP contribution in [0.2, 0.25) is 0 Å². The van der Waals surface area contributed by atoms with Gasteiger partial charge in [-0.3, -0.25) is 0 Å². The molecule has 4 heteroatoms. The Balaban J connectivity index is 2.61. The molecule has 0 fully saturated rings. The third-order valence-corrected chi connectivity index (χ3v) is 1.68. The van der Waals surface area contributed by atoms with Crippen LogP contribution in [0.5, 0.6) is 5.88 Å². The van der Waals surface area contributed by atoms with Gasteiger partial charge in [0.15, 0.2) is 5.76 Å². The minimum atomic E-state index is -0.0635. The molecule has 1 aromatic rings. The quantitative estimate of drug-likeness (QED) is 0.743. The van der Waals surface area contributed by atoms with E-state index in [9.17, 15) is 0 Å². The lowest BCUT2D eigenvalue weighted by atomic mass is 10.1. The number of aromatic nitrogens is 1. The van der Waals surface area contributed by atoms with Gasteiger partial charge in [-0.15, -0.1) is 0 Å². The van der Waals surface area contributed by atoms with Gasteiger partial charge in [0.25, 0.3) is 5.88 Å². The molecule has 68 valence electrons. The maximum absolute atomic E-state index is 5.78. The molecule has 1 unspecified atom stereocenters. The number of rotatable bonds is 4. The van der Waals surface area contributed by atoms with E-state index in [-0.39, 0.29) is 6.04 Å². The largest absolute Gasteiger partial charge is 0.479 e. The second kappa shape index (κ2) is 4.11. The normalized spacial score (nSPS) is 12.9. The van der Waals surface area contributed by atoms with Gasteiger partial charge in [-0.1, -0.05) is 13.3 Å². The van der Waals surface area contributed by atoms with Crippen molar-refractivity contribution in [3.05, 3.63) is 11.8 Å². The van der Waals surface area contributed by atoms with E-state index in [2.05, 4.69) is 12.1 Å². The van der Waals surface area contributed by atoms with Gasteiger partial charge in [0.2, 0.25) is 0 Å². The summed E-state index contributed by atoms with van der Waals surface area (Å²) in [7, 11) is 1.55. The van der Waals surface area contributed by atoms with Crippen LogP contribution < -0.4 is 10.5 Å². The summed E-state index contributed by atoms with van der Waals surface area (Å²) < 4.78 is 9.83. The van der Waals surface area contributed by atoms with E-state index in [1.807, 2.05) is 0 Å². The monoisotopic (exact) mass is 170 g/mol. The van der Waals surface area contributed by atoms with Gasteiger partial charge in [-0.25, -0.2) is 0 Å². The van der Waals surface area contributed by atoms with Crippen molar-refractivity contribution in [1.82, 2.24) is 5.16 Å². The molecule has 1 atom stereocenters. The number of nitrogens with two attached hydrogens (primary N) is 1. The van der Waals surface area contributed by atoms with Crippen molar-refractivity contribution in [2.24, 2.45) is 5.73 Å². The zero-order valence-corrected chi connectivity index (χ0v) is 7.41. The summed E-state index contributed by atoms with van der Waals surface area (Å²) in [6.45, 7) is 2.08. The van der Waals surface area contributed by atoms with Crippen molar-refractivity contribution in [2.45, 2.75) is 25.8 Å². The smallest absolute Gasteiger partial charge is 0.254 e. The van der Waals surface area contributed by atoms with Crippen LogP contribution in [0.1, 0.15) is 31.6 Å². The number of ether oxygens (including phenoxy) is 1. The van der Waals surface area contributed by atoms with Crippen LogP contribution in [0.15, 0.2) is 10.6 Å². The highest BCUT2D eigenvalue weighted by atomic mass is 16.5. The molecule has 0 bridgehead atoms. The molecule has 2 N–H and O–H groups in total. The van der Waals surface area contributed by atoms with Crippen LogP contribution in [0.25, 0.3) is 0 Å². The summed E-state index contributed by atoms with van der Waals surface area (Å²) in [6.07, 6.45) is 1.93. The van der Waals surface area contributed by atoms with E-state index in [1.54, 1.807) is 13.2 Å². The molecule has 0 aromatic carbocycles. The zero-order valence-electron chi connectivity index (χ0n) is 7.41. The van der Waals surface area contributed by atoms with Gasteiger partial charge in [0, 0.05) is 6.07 Å². The fraction of sp³-hybridized carbons (Fsp3) is 0.625. The Bertz CT molecular complexity index is 235. The molecule has 1 aromatic heterocycles. The van der Waals surface area contributed by atoms with Crippen LogP contribution in [-0.2, 0) is 0 Å². The highest BCUT2D eigenvalue weighted by Crippen LogP contribution is 2.19. The lowest BCUT2D eigenvalue weighted by molar-refractivity contribution is 0.315. The first-order valence-electron chi connectivity index (χ1n) is 4.04. The lowest BCUT2D eigenvalue weighted by Gasteiger charge is -2.03. The van der Waals surface area contributed by atoms with Crippen LogP contribution in [-0.4, -0.2) is 12.3 Å². The van der Waals surface area contributed by atoms with Gasteiger partial charge in [-0.2, -0.15) is 0 Å². The number of nitrogens with zero attached hydrogens (tertiary/aromatic N) is 1. The van der Waals surface area contributed by atoms with Crippen LogP contribution in [0.4, 0.5) is 0 Å². The summed E-state index contributed by atoms with van der Waals surface area (Å²) in [4.78, 5) is 0. The SMILES string of the molecule is CCCC(N)c1cc(OC)no1. The van der Waals surface area contributed by atoms with Gasteiger partial charge < -0.3 is 15.0 Å². The van der Waals surface area contributed by atoms with Crippen molar-refractivity contribution in [3.63, 3.8) is 0 Å². The number of methoxy groups -OCH3 is 1. The highest BCUT2D eigenvalue weighted by Gasteiger charge is 2.11. The van der Waals surface area contributed by atoms with Crippen molar-refractivity contribution >= 4 is 0 Å². The van der Waals surface area contributed by atoms with E-state index < -0.39 is 0 Å². The third kappa shape index (κ3) is 1.98. The Hall–Kier alpha value is -1.03. The molecule has 0 aliphatic carbocycles. The molecule has 1 heterocycles. The Labute approximate surface area is 71.7 Å². The maximum Gasteiger partial charge on any atom is 0.254 e. The average Bonchev–Trinajstić information content (AvgIpc) is 2.52. The van der Waals surface area contributed by atoms with Crippen molar-refractivity contribution < 1.29 is 9.26 Å². The topological polar surface area (TPSA) is 61.3 Å². The van der Waals surface area contributed by atoms with E-state index >= 15 is 0 Å². The summed E-state index contributed by atoms with van der Waals surface area (Å²) in [5.74, 6) is 1.17. The Morgan fingerprint density at radius 2 is 2.50 bits per heavy atom. The molecule has 12 heavy (non-hydrogen) atoms. The van der Waals surface area contributed by atoms with Gasteiger partial charge >= 0.3 is 0 Å². The first kappa shape index (κ1) is 9.06. The third-order valence-electron chi connectivity index (χ3n) is 1.68. The summed E-state index contributed by atoms with van der Waals surface area (Å²) in [6, 6.07) is 1.66. The first-order valence-corrected chi connectivity index (χ1v) is 4.04. The Morgan fingerprint density at radius 1 is 1.75 bits per heavy atom. The first-order chi connectivity index (χ1) is 5.77. The van der Waals surface area contributed by atoms with Gasteiger partial charge in [0.05, 0.1) is 13.2 Å². The van der Waals surface area contributed by atoms with Crippen LogP contribution >= 0.6 is 0 Å². The van der Waals surface area contributed by atoms with E-state index in [0.29, 0.717) is 11.6 Å². The van der Waals surface area contributed by atoms with E-state index in [1.165, 1.54) is 0 Å². The van der Waals surface area contributed by atoms with E-state index in [0.717, 1.165) is 12.8 Å². The minimum absolute atomic E-state index is 0.0635. The highest BCUT2D eigenvalue weighted by molar-refractivity contribution is 5.13. The molecule has 0 aliphatic rings. The molecule has 0 radical (unpaired) electrons. The predicted octanol–water partition coefficient (Wildman–Crippen LogP) is 1.48. The second-order valence-corrected chi connectivity index (χ2v) is 2.67. The molecule has 1 rings (SSSR count). The van der Waals surface area contributed by atoms with Crippen molar-refractivity contribution in [3.8, 4) is 5.88 Å². The number of hydrogen-bond acceptors (Lipinski definition) is 4. The molecular formula is C8H14N2O2. The summed E-state index contributed by atoms with van der Waals surface area (Å²) >= 11 is 0. The second-order valence-electron chi connectivity index (χ2n) is 2.67. The minimum Gasteiger partial charge on any atom is -0.479 e. The molecule has 0 amide bonds. The van der Waals surface area contributed by atoms with Crippen molar-refractivity contribution in [1.29, 1.82) is 0 Å². The average molecular weight is 170 g/mol. The molecule has 0 aliphatic heterocycles. The number of hydrogen-bond donors (Lipinski definition) is 1. The summed E-state index contributed by atoms with van der Waals surface area (Å²) in [5, 5.41) is 3.66. The molecule has 0 saturated carbocycles. The standard InChI is InChI=1S/C8H14N2O2/c1-3-4-6(9)7-5-8(11-2)10-12-7/h5-6H,3-4,9H2,1-2H3. The van der Waals surface area contributed by atoms with Crippen LogP contribution in [0, 0.1) is 0 Å². The molecule has 4 nitrogen and oxygen atoms in total. The fourth-order valence-electron chi connectivity index (χ4n) is 0.996. The zero-order chi connectivity index (χ0) is 8.97. The molecular weight excluding hydrogens is 156 g/mol. The molecule has 0 spiro atoms. The lowest BCUT2D eigenvalue weighted by Crippen LogP contribution is -2.08. The van der Waals surface area contributed by atoms with Crippen LogP contribution in [0.3, 0.4) is 0 Å². The fourth-order valence-corrected chi connectivity index (χ4v) is 0.996. The Kier molecular flexibility index (Phi) is 3.10. The molecule has 0 saturated heterocycles. The van der Waals surface area contributed by atoms with Crippen molar-refractivity contribution in [2.75, 3.05) is 7.11 Å². The van der Waals surface area contributed by atoms with Gasteiger partial charge in [-0.05, 0) is 11.6 Å². The predicted molar refractivity (Wildman–Crippen MR) is 44.9 cm³/mol.